The van der Waals surface area contributed by atoms with Gasteiger partial charge in [0.1, 0.15) is 0 Å². The highest BCUT2D eigenvalue weighted by atomic mass is 16.5. The minimum atomic E-state index is 0.632. The fourth-order valence-corrected chi connectivity index (χ4v) is 1.83. The average molecular weight is 265 g/mol. The monoisotopic (exact) mass is 265 g/mol. The maximum absolute atomic E-state index is 5.22. The molecule has 1 rings (SSSR count). The molecule has 108 valence electrons. The summed E-state index contributed by atoms with van der Waals surface area (Å²) in [6.07, 6.45) is 4.18. The van der Waals surface area contributed by atoms with E-state index in [0.29, 0.717) is 6.04 Å². The number of methoxy groups -OCH3 is 1. The number of ether oxygens (including phenoxy) is 1. The van der Waals surface area contributed by atoms with Crippen molar-refractivity contribution in [3.63, 3.8) is 0 Å². The molecule has 0 aliphatic rings. The molecule has 1 aromatic heterocycles. The van der Waals surface area contributed by atoms with Gasteiger partial charge in [0.15, 0.2) is 0 Å². The van der Waals surface area contributed by atoms with Gasteiger partial charge in [-0.1, -0.05) is 6.07 Å². The molecule has 0 saturated heterocycles. The van der Waals surface area contributed by atoms with Gasteiger partial charge >= 0.3 is 0 Å². The molecule has 0 aliphatic carbocycles. The summed E-state index contributed by atoms with van der Waals surface area (Å²) in [6.45, 7) is 7.47. The number of aromatic nitrogens is 1. The van der Waals surface area contributed by atoms with E-state index in [1.165, 1.54) is 12.8 Å². The Hall–Kier alpha value is -1.13. The van der Waals surface area contributed by atoms with Gasteiger partial charge in [0.25, 0.3) is 0 Å². The first-order valence-electron chi connectivity index (χ1n) is 7.04. The van der Waals surface area contributed by atoms with E-state index >= 15 is 0 Å². The lowest BCUT2D eigenvalue weighted by molar-refractivity contribution is 0.268. The third-order valence-corrected chi connectivity index (χ3v) is 3.35. The third kappa shape index (κ3) is 6.03. The van der Waals surface area contributed by atoms with Crippen LogP contribution in [0.25, 0.3) is 0 Å². The van der Waals surface area contributed by atoms with E-state index < -0.39 is 0 Å². The lowest BCUT2D eigenvalue weighted by Crippen LogP contribution is -2.27. The summed E-state index contributed by atoms with van der Waals surface area (Å²) in [4.78, 5) is 6.57. The van der Waals surface area contributed by atoms with E-state index in [1.807, 2.05) is 12.1 Å². The van der Waals surface area contributed by atoms with Crippen LogP contribution in [-0.4, -0.2) is 43.2 Å². The lowest BCUT2D eigenvalue weighted by atomic mass is 10.2. The van der Waals surface area contributed by atoms with Gasteiger partial charge in [-0.2, -0.15) is 0 Å². The van der Waals surface area contributed by atoms with Crippen LogP contribution in [0.2, 0.25) is 0 Å². The van der Waals surface area contributed by atoms with Gasteiger partial charge in [-0.3, -0.25) is 0 Å². The van der Waals surface area contributed by atoms with Crippen molar-refractivity contribution in [1.29, 1.82) is 0 Å². The third-order valence-electron chi connectivity index (χ3n) is 3.35. The molecule has 0 spiro atoms. The van der Waals surface area contributed by atoms with Gasteiger partial charge in [0, 0.05) is 24.3 Å². The minimum Gasteiger partial charge on any atom is -0.481 e. The van der Waals surface area contributed by atoms with Crippen LogP contribution < -0.4 is 10.1 Å². The van der Waals surface area contributed by atoms with Crippen LogP contribution in [0.1, 0.15) is 32.3 Å². The molecular formula is C15H27N3O. The summed E-state index contributed by atoms with van der Waals surface area (Å²) in [6, 6.07) is 4.62. The van der Waals surface area contributed by atoms with Crippen molar-refractivity contribution in [3.05, 3.63) is 23.9 Å². The second kappa shape index (κ2) is 8.88. The second-order valence-electron chi connectivity index (χ2n) is 5.13. The lowest BCUT2D eigenvalue weighted by Gasteiger charge is -2.20. The van der Waals surface area contributed by atoms with Gasteiger partial charge in [-0.05, 0) is 52.9 Å². The standard InChI is InChI=1S/C15H27N3O/c1-13(2)18(3)11-6-5-9-16-12-14-8-7-10-17-15(14)19-4/h7-8,10,13,16H,5-6,9,11-12H2,1-4H3. The maximum atomic E-state index is 5.22. The van der Waals surface area contributed by atoms with Crippen LogP contribution in [0, 0.1) is 0 Å². The van der Waals surface area contributed by atoms with E-state index in [4.69, 9.17) is 4.74 Å². The smallest absolute Gasteiger partial charge is 0.217 e. The number of hydrogen-bond donors (Lipinski definition) is 1. The van der Waals surface area contributed by atoms with Gasteiger partial charge in [-0.25, -0.2) is 4.98 Å². The molecule has 1 heterocycles. The fourth-order valence-electron chi connectivity index (χ4n) is 1.83. The molecule has 1 aromatic rings. The number of nitrogens with one attached hydrogen (secondary N) is 1. The van der Waals surface area contributed by atoms with Gasteiger partial charge in [0.05, 0.1) is 7.11 Å². The Balaban J connectivity index is 2.14. The number of unbranched alkanes of at least 4 members (excludes halogenated alkanes) is 1. The summed E-state index contributed by atoms with van der Waals surface area (Å²) in [5.74, 6) is 0.717. The number of nitrogens with zero attached hydrogens (tertiary/aromatic N) is 2. The zero-order valence-corrected chi connectivity index (χ0v) is 12.6. The van der Waals surface area contributed by atoms with E-state index in [1.54, 1.807) is 13.3 Å². The largest absolute Gasteiger partial charge is 0.481 e. The van der Waals surface area contributed by atoms with Gasteiger partial charge in [-0.15, -0.1) is 0 Å². The average Bonchev–Trinajstić information content (AvgIpc) is 2.42. The number of pyridine rings is 1. The molecule has 0 atom stereocenters. The zero-order chi connectivity index (χ0) is 14.1. The first-order valence-corrected chi connectivity index (χ1v) is 7.04. The predicted octanol–water partition coefficient (Wildman–Crippen LogP) is 2.30. The van der Waals surface area contributed by atoms with Gasteiger partial charge in [0.2, 0.25) is 5.88 Å². The molecule has 0 bridgehead atoms. The number of hydrogen-bond acceptors (Lipinski definition) is 4. The predicted molar refractivity (Wildman–Crippen MR) is 79.5 cm³/mol. The molecule has 0 unspecified atom stereocenters. The first kappa shape index (κ1) is 15.9. The Labute approximate surface area is 117 Å². The molecular weight excluding hydrogens is 238 g/mol. The van der Waals surface area contributed by atoms with Crippen molar-refractivity contribution in [2.45, 2.75) is 39.3 Å². The highest BCUT2D eigenvalue weighted by Gasteiger charge is 2.03. The summed E-state index contributed by atoms with van der Waals surface area (Å²) in [5, 5.41) is 3.44. The minimum absolute atomic E-state index is 0.632. The summed E-state index contributed by atoms with van der Waals surface area (Å²) in [7, 11) is 3.84. The highest BCUT2D eigenvalue weighted by Crippen LogP contribution is 2.12. The SMILES string of the molecule is COc1ncccc1CNCCCCN(C)C(C)C. The molecule has 4 heteroatoms. The van der Waals surface area contributed by atoms with Crippen LogP contribution in [0.5, 0.6) is 5.88 Å². The van der Waals surface area contributed by atoms with Crippen molar-refractivity contribution >= 4 is 0 Å². The number of rotatable bonds is 9. The maximum Gasteiger partial charge on any atom is 0.217 e. The summed E-state index contributed by atoms with van der Waals surface area (Å²) >= 11 is 0. The van der Waals surface area contributed by atoms with Crippen molar-refractivity contribution in [3.8, 4) is 5.88 Å². The summed E-state index contributed by atoms with van der Waals surface area (Å²) < 4.78 is 5.22. The molecule has 0 amide bonds. The summed E-state index contributed by atoms with van der Waals surface area (Å²) in [5.41, 5.74) is 1.12. The molecule has 0 saturated carbocycles. The second-order valence-corrected chi connectivity index (χ2v) is 5.13. The van der Waals surface area contributed by atoms with Crippen molar-refractivity contribution in [2.75, 3.05) is 27.2 Å². The van der Waals surface area contributed by atoms with E-state index in [9.17, 15) is 0 Å². The van der Waals surface area contributed by atoms with Crippen LogP contribution in [0.15, 0.2) is 18.3 Å². The Morgan fingerprint density at radius 3 is 2.84 bits per heavy atom. The topological polar surface area (TPSA) is 37.4 Å². The van der Waals surface area contributed by atoms with E-state index in [-0.39, 0.29) is 0 Å². The molecule has 4 nitrogen and oxygen atoms in total. The molecule has 0 aliphatic heterocycles. The molecule has 19 heavy (non-hydrogen) atoms. The Bertz CT molecular complexity index is 355. The van der Waals surface area contributed by atoms with Crippen LogP contribution in [-0.2, 0) is 6.54 Å². The normalized spacial score (nSPS) is 11.3. The fraction of sp³-hybridized carbons (Fsp3) is 0.667. The Morgan fingerprint density at radius 2 is 2.16 bits per heavy atom. The van der Waals surface area contributed by atoms with Gasteiger partial charge < -0.3 is 15.0 Å². The quantitative estimate of drug-likeness (QED) is 0.695. The molecule has 0 aromatic carbocycles. The van der Waals surface area contributed by atoms with Crippen molar-refractivity contribution in [1.82, 2.24) is 15.2 Å². The van der Waals surface area contributed by atoms with Crippen LogP contribution in [0.4, 0.5) is 0 Å². The Kier molecular flexibility index (Phi) is 7.45. The molecule has 0 fully saturated rings. The van der Waals surface area contributed by atoms with Crippen molar-refractivity contribution < 1.29 is 4.74 Å². The van der Waals surface area contributed by atoms with E-state index in [2.05, 4.69) is 36.1 Å². The first-order chi connectivity index (χ1) is 9.15. The molecule has 0 radical (unpaired) electrons. The highest BCUT2D eigenvalue weighted by molar-refractivity contribution is 5.24. The zero-order valence-electron chi connectivity index (χ0n) is 12.6. The molecule has 1 N–H and O–H groups in total. The van der Waals surface area contributed by atoms with Crippen LogP contribution in [0.3, 0.4) is 0 Å². The van der Waals surface area contributed by atoms with Crippen LogP contribution >= 0.6 is 0 Å². The van der Waals surface area contributed by atoms with Crippen molar-refractivity contribution in [2.24, 2.45) is 0 Å². The Morgan fingerprint density at radius 1 is 1.37 bits per heavy atom. The van der Waals surface area contributed by atoms with E-state index in [0.717, 1.165) is 31.1 Å².